The van der Waals surface area contributed by atoms with Crippen molar-refractivity contribution in [1.29, 1.82) is 0 Å². The number of aryl methyl sites for hydroxylation is 2. The van der Waals surface area contributed by atoms with Gasteiger partial charge < -0.3 is 14.8 Å². The maximum atomic E-state index is 13.1. The first kappa shape index (κ1) is 20.8. The molecule has 0 spiro atoms. The average Bonchev–Trinajstić information content (AvgIpc) is 3.32. The molecule has 2 aliphatic heterocycles. The molecule has 3 aliphatic rings. The second-order valence-electron chi connectivity index (χ2n) is 8.34. The second kappa shape index (κ2) is 9.14. The van der Waals surface area contributed by atoms with E-state index in [4.69, 9.17) is 0 Å². The van der Waals surface area contributed by atoms with Gasteiger partial charge in [-0.3, -0.25) is 4.79 Å². The highest BCUT2D eigenvalue weighted by atomic mass is 35.5. The molecule has 0 bridgehead atoms. The number of likely N-dealkylation sites (tertiary alicyclic amines) is 1. The van der Waals surface area contributed by atoms with Crippen LogP contribution in [0.25, 0.3) is 0 Å². The first-order valence-corrected chi connectivity index (χ1v) is 11.6. The summed E-state index contributed by atoms with van der Waals surface area (Å²) in [6.45, 7) is 4.41. The maximum absolute atomic E-state index is 13.1. The zero-order valence-electron chi connectivity index (χ0n) is 16.9. The summed E-state index contributed by atoms with van der Waals surface area (Å²) in [7, 11) is 0. The van der Waals surface area contributed by atoms with Crippen LogP contribution in [0.2, 0.25) is 0 Å². The van der Waals surface area contributed by atoms with Gasteiger partial charge in [-0.15, -0.1) is 33.9 Å². The van der Waals surface area contributed by atoms with Gasteiger partial charge >= 0.3 is 0 Å². The summed E-state index contributed by atoms with van der Waals surface area (Å²) in [6.07, 6.45) is 9.47. The van der Waals surface area contributed by atoms with Crippen molar-refractivity contribution in [2.45, 2.75) is 70.4 Å². The Balaban J connectivity index is 0.00000205. The average molecular weight is 436 g/mol. The van der Waals surface area contributed by atoms with Crippen LogP contribution in [0, 0.1) is 0 Å². The van der Waals surface area contributed by atoms with Crippen LogP contribution in [0.4, 0.5) is 0 Å². The van der Waals surface area contributed by atoms with Crippen LogP contribution in [0.1, 0.15) is 76.2 Å². The highest BCUT2D eigenvalue weighted by Gasteiger charge is 2.30. The van der Waals surface area contributed by atoms with Crippen molar-refractivity contribution in [2.75, 3.05) is 19.6 Å². The zero-order chi connectivity index (χ0) is 18.9. The molecular weight excluding hydrogens is 406 g/mol. The van der Waals surface area contributed by atoms with E-state index in [2.05, 4.69) is 31.0 Å². The van der Waals surface area contributed by atoms with Crippen molar-refractivity contribution in [2.24, 2.45) is 0 Å². The number of piperidine rings is 1. The minimum atomic E-state index is 0. The van der Waals surface area contributed by atoms with E-state index in [1.54, 1.807) is 11.3 Å². The highest BCUT2D eigenvalue weighted by Crippen LogP contribution is 2.32. The van der Waals surface area contributed by atoms with E-state index in [-0.39, 0.29) is 18.3 Å². The molecule has 1 N–H and O–H groups in total. The van der Waals surface area contributed by atoms with E-state index in [0.717, 1.165) is 74.9 Å². The van der Waals surface area contributed by atoms with Gasteiger partial charge in [-0.1, -0.05) is 12.8 Å². The molecular formula is C21H30ClN5OS. The van der Waals surface area contributed by atoms with Crippen LogP contribution in [0.15, 0.2) is 6.07 Å². The topological polar surface area (TPSA) is 63.1 Å². The van der Waals surface area contributed by atoms with Gasteiger partial charge in [-0.25, -0.2) is 0 Å². The number of amides is 1. The lowest BCUT2D eigenvalue weighted by Crippen LogP contribution is -2.38. The fraction of sp³-hybridized carbons (Fsp3) is 0.667. The number of aromatic nitrogens is 3. The van der Waals surface area contributed by atoms with Crippen LogP contribution in [0.5, 0.6) is 0 Å². The molecule has 1 aliphatic carbocycles. The van der Waals surface area contributed by atoms with E-state index in [0.29, 0.717) is 5.92 Å². The highest BCUT2D eigenvalue weighted by molar-refractivity contribution is 7.14. The number of nitrogens with one attached hydrogen (secondary N) is 1. The molecule has 158 valence electrons. The Kier molecular flexibility index (Phi) is 6.56. The number of fused-ring (bicyclic) bond motifs is 2. The molecule has 0 atom stereocenters. The van der Waals surface area contributed by atoms with Crippen LogP contribution in [0.3, 0.4) is 0 Å². The van der Waals surface area contributed by atoms with Gasteiger partial charge in [0.1, 0.15) is 11.6 Å². The minimum Gasteiger partial charge on any atom is -0.338 e. The number of halogens is 1. The third-order valence-corrected chi connectivity index (χ3v) is 7.73. The van der Waals surface area contributed by atoms with Crippen molar-refractivity contribution in [3.63, 3.8) is 0 Å². The molecule has 4 heterocycles. The number of carbonyl (C=O) groups excluding carboxylic acids is 1. The van der Waals surface area contributed by atoms with Crippen molar-refractivity contribution in [1.82, 2.24) is 25.0 Å². The van der Waals surface area contributed by atoms with Crippen molar-refractivity contribution in [3.05, 3.63) is 33.0 Å². The summed E-state index contributed by atoms with van der Waals surface area (Å²) >= 11 is 1.75. The lowest BCUT2D eigenvalue weighted by molar-refractivity contribution is 0.0715. The van der Waals surface area contributed by atoms with Crippen LogP contribution in [-0.2, 0) is 25.9 Å². The van der Waals surface area contributed by atoms with Gasteiger partial charge in [0.05, 0.1) is 11.4 Å². The molecule has 2 aromatic heterocycles. The predicted octanol–water partition coefficient (Wildman–Crippen LogP) is 3.54. The van der Waals surface area contributed by atoms with Crippen molar-refractivity contribution in [3.8, 4) is 0 Å². The first-order chi connectivity index (χ1) is 13.8. The van der Waals surface area contributed by atoms with Crippen molar-refractivity contribution < 1.29 is 4.79 Å². The number of hydrogen-bond donors (Lipinski definition) is 1. The van der Waals surface area contributed by atoms with E-state index >= 15 is 0 Å². The van der Waals surface area contributed by atoms with Crippen LogP contribution >= 0.6 is 23.7 Å². The van der Waals surface area contributed by atoms with Gasteiger partial charge in [0.15, 0.2) is 0 Å². The summed E-state index contributed by atoms with van der Waals surface area (Å²) in [4.78, 5) is 17.6. The van der Waals surface area contributed by atoms with Crippen LogP contribution in [-0.4, -0.2) is 45.2 Å². The molecule has 6 nitrogen and oxygen atoms in total. The van der Waals surface area contributed by atoms with E-state index in [9.17, 15) is 4.79 Å². The van der Waals surface area contributed by atoms with Crippen molar-refractivity contribution >= 4 is 29.7 Å². The Labute approximate surface area is 182 Å². The molecule has 0 saturated carbocycles. The summed E-state index contributed by atoms with van der Waals surface area (Å²) < 4.78 is 2.29. The molecule has 5 rings (SSSR count). The SMILES string of the molecule is Cl.O=C(c1cc2c(s1)CCCCCC2)N1CCC(c2nnc3n2CCNC3)CC1. The number of thiophene rings is 1. The molecule has 2 aromatic rings. The monoisotopic (exact) mass is 435 g/mol. The Hall–Kier alpha value is -1.44. The molecule has 8 heteroatoms. The Morgan fingerprint density at radius 1 is 1.07 bits per heavy atom. The summed E-state index contributed by atoms with van der Waals surface area (Å²) in [5.41, 5.74) is 1.44. The molecule has 0 aromatic carbocycles. The third-order valence-electron chi connectivity index (χ3n) is 6.51. The first-order valence-electron chi connectivity index (χ1n) is 10.8. The number of hydrogen-bond acceptors (Lipinski definition) is 5. The van der Waals surface area contributed by atoms with Gasteiger partial charge in [0, 0.05) is 37.0 Å². The molecule has 0 unspecified atom stereocenters. The number of nitrogens with zero attached hydrogens (tertiary/aromatic N) is 4. The Bertz CT molecular complexity index is 830. The summed E-state index contributed by atoms with van der Waals surface area (Å²) in [6, 6.07) is 2.20. The van der Waals surface area contributed by atoms with E-state index < -0.39 is 0 Å². The fourth-order valence-corrected chi connectivity index (χ4v) is 6.08. The molecule has 1 amide bonds. The minimum absolute atomic E-state index is 0. The van der Waals surface area contributed by atoms with Gasteiger partial charge in [-0.2, -0.15) is 0 Å². The number of carbonyl (C=O) groups is 1. The quantitative estimate of drug-likeness (QED) is 0.783. The summed E-state index contributed by atoms with van der Waals surface area (Å²) in [5.74, 6) is 2.84. The normalized spacial score (nSPS) is 20.2. The lowest BCUT2D eigenvalue weighted by Gasteiger charge is -2.31. The molecule has 29 heavy (non-hydrogen) atoms. The number of rotatable bonds is 2. The predicted molar refractivity (Wildman–Crippen MR) is 117 cm³/mol. The lowest BCUT2D eigenvalue weighted by atomic mass is 9.95. The fourth-order valence-electron chi connectivity index (χ4n) is 4.86. The van der Waals surface area contributed by atoms with E-state index in [1.807, 2.05) is 0 Å². The largest absolute Gasteiger partial charge is 0.338 e. The standard InChI is InChI=1S/C21H29N5OS.ClH/c27-21(18-13-16-5-3-1-2-4-6-17(16)28-18)25-10-7-15(8-11-25)20-24-23-19-14-22-9-12-26(19)20;/h13,15,22H,1-12,14H2;1H. The Morgan fingerprint density at radius 2 is 1.86 bits per heavy atom. The molecule has 1 fully saturated rings. The van der Waals surface area contributed by atoms with Gasteiger partial charge in [0.2, 0.25) is 0 Å². The molecule has 0 radical (unpaired) electrons. The van der Waals surface area contributed by atoms with Crippen LogP contribution < -0.4 is 5.32 Å². The van der Waals surface area contributed by atoms with E-state index in [1.165, 1.54) is 36.1 Å². The maximum Gasteiger partial charge on any atom is 0.263 e. The molecule has 1 saturated heterocycles. The van der Waals surface area contributed by atoms with Gasteiger partial charge in [-0.05, 0) is 50.2 Å². The summed E-state index contributed by atoms with van der Waals surface area (Å²) in [5, 5.41) is 12.2. The van der Waals surface area contributed by atoms with Gasteiger partial charge in [0.25, 0.3) is 5.91 Å². The zero-order valence-corrected chi connectivity index (χ0v) is 18.5. The third kappa shape index (κ3) is 4.23. The smallest absolute Gasteiger partial charge is 0.263 e. The Morgan fingerprint density at radius 3 is 2.69 bits per heavy atom. The second-order valence-corrected chi connectivity index (χ2v) is 9.48.